The molecule has 3 heterocycles. The number of nitrogens with zero attached hydrogens (tertiary/aromatic N) is 2. The first kappa shape index (κ1) is 11.9. The van der Waals surface area contributed by atoms with Crippen LogP contribution < -0.4 is 0 Å². The zero-order valence-electron chi connectivity index (χ0n) is 10.5. The van der Waals surface area contributed by atoms with E-state index in [1.165, 1.54) is 11.3 Å². The fraction of sp³-hybridized carbons (Fsp3) is 0.143. The SMILES string of the molecule is Cc1ccc(C)n1-c1c(C(=O)O)sc2ncccc12. The van der Waals surface area contributed by atoms with Gasteiger partial charge in [-0.2, -0.15) is 0 Å². The van der Waals surface area contributed by atoms with Crippen molar-refractivity contribution in [3.63, 3.8) is 0 Å². The van der Waals surface area contributed by atoms with Gasteiger partial charge in [0.25, 0.3) is 0 Å². The molecule has 4 nitrogen and oxygen atoms in total. The molecule has 0 aliphatic heterocycles. The average Bonchev–Trinajstić information content (AvgIpc) is 2.90. The van der Waals surface area contributed by atoms with Gasteiger partial charge in [-0.05, 0) is 38.1 Å². The number of aromatic carboxylic acids is 1. The summed E-state index contributed by atoms with van der Waals surface area (Å²) in [5, 5.41) is 10.3. The summed E-state index contributed by atoms with van der Waals surface area (Å²) >= 11 is 1.22. The highest BCUT2D eigenvalue weighted by atomic mass is 32.1. The first-order chi connectivity index (χ1) is 9.09. The van der Waals surface area contributed by atoms with Gasteiger partial charge >= 0.3 is 5.97 Å². The molecule has 96 valence electrons. The van der Waals surface area contributed by atoms with Gasteiger partial charge in [-0.3, -0.25) is 0 Å². The maximum absolute atomic E-state index is 11.5. The summed E-state index contributed by atoms with van der Waals surface area (Å²) in [6, 6.07) is 7.72. The van der Waals surface area contributed by atoms with E-state index >= 15 is 0 Å². The molecule has 0 atom stereocenters. The number of fused-ring (bicyclic) bond motifs is 1. The largest absolute Gasteiger partial charge is 0.477 e. The zero-order chi connectivity index (χ0) is 13.6. The zero-order valence-corrected chi connectivity index (χ0v) is 11.4. The highest BCUT2D eigenvalue weighted by Gasteiger charge is 2.21. The standard InChI is InChI=1S/C14H12N2O2S/c1-8-5-6-9(2)16(8)11-10-4-3-7-15-13(10)19-12(11)14(17)18/h3-7H,1-2H3,(H,17,18). The number of carboxylic acids is 1. The molecule has 0 unspecified atom stereocenters. The Morgan fingerprint density at radius 1 is 1.26 bits per heavy atom. The molecule has 0 amide bonds. The van der Waals surface area contributed by atoms with Crippen LogP contribution in [0.5, 0.6) is 0 Å². The number of thiophene rings is 1. The Labute approximate surface area is 113 Å². The Bertz CT molecular complexity index is 766. The molecule has 0 fully saturated rings. The molecule has 0 aliphatic carbocycles. The number of aryl methyl sites for hydroxylation is 2. The molecule has 3 aromatic heterocycles. The van der Waals surface area contributed by atoms with Gasteiger partial charge in [0, 0.05) is 23.0 Å². The van der Waals surface area contributed by atoms with Gasteiger partial charge in [-0.25, -0.2) is 9.78 Å². The Balaban J connectivity index is 2.45. The smallest absolute Gasteiger partial charge is 0.348 e. The van der Waals surface area contributed by atoms with Crippen molar-refractivity contribution in [1.82, 2.24) is 9.55 Å². The van der Waals surface area contributed by atoms with Gasteiger partial charge in [-0.1, -0.05) is 0 Å². The molecule has 0 aliphatic rings. The summed E-state index contributed by atoms with van der Waals surface area (Å²) in [6.07, 6.45) is 1.68. The van der Waals surface area contributed by atoms with Crippen LogP contribution in [-0.4, -0.2) is 20.6 Å². The molecule has 3 aromatic rings. The van der Waals surface area contributed by atoms with E-state index in [4.69, 9.17) is 0 Å². The molecule has 1 N–H and O–H groups in total. The van der Waals surface area contributed by atoms with Gasteiger partial charge in [-0.15, -0.1) is 11.3 Å². The van der Waals surface area contributed by atoms with Crippen molar-refractivity contribution in [2.75, 3.05) is 0 Å². The van der Waals surface area contributed by atoms with Crippen LogP contribution in [0.25, 0.3) is 15.9 Å². The Morgan fingerprint density at radius 2 is 1.95 bits per heavy atom. The number of carbonyl (C=O) groups is 1. The second-order valence-electron chi connectivity index (χ2n) is 4.39. The van der Waals surface area contributed by atoms with Crippen LogP contribution in [0.1, 0.15) is 21.1 Å². The highest BCUT2D eigenvalue weighted by Crippen LogP contribution is 2.34. The molecule has 0 saturated heterocycles. The van der Waals surface area contributed by atoms with Crippen LogP contribution in [0.3, 0.4) is 0 Å². The van der Waals surface area contributed by atoms with E-state index in [1.807, 2.05) is 42.7 Å². The van der Waals surface area contributed by atoms with E-state index in [1.54, 1.807) is 6.20 Å². The number of carboxylic acid groups (broad SMARTS) is 1. The van der Waals surface area contributed by atoms with E-state index in [-0.39, 0.29) is 0 Å². The number of aromatic nitrogens is 2. The molecule has 0 radical (unpaired) electrons. The third kappa shape index (κ3) is 1.74. The lowest BCUT2D eigenvalue weighted by Crippen LogP contribution is -2.04. The topological polar surface area (TPSA) is 55.1 Å². The van der Waals surface area contributed by atoms with Crippen molar-refractivity contribution in [3.8, 4) is 5.69 Å². The van der Waals surface area contributed by atoms with Crippen LogP contribution in [0.4, 0.5) is 0 Å². The second kappa shape index (κ2) is 4.20. The maximum atomic E-state index is 11.5. The quantitative estimate of drug-likeness (QED) is 0.778. The monoisotopic (exact) mass is 272 g/mol. The van der Waals surface area contributed by atoms with Crippen LogP contribution in [-0.2, 0) is 0 Å². The van der Waals surface area contributed by atoms with Gasteiger partial charge in [0.1, 0.15) is 9.71 Å². The van der Waals surface area contributed by atoms with Crippen molar-refractivity contribution in [3.05, 3.63) is 46.7 Å². The predicted octanol–water partition coefficient (Wildman–Crippen LogP) is 3.40. The van der Waals surface area contributed by atoms with Gasteiger partial charge in [0.15, 0.2) is 0 Å². The maximum Gasteiger partial charge on any atom is 0.348 e. The number of hydrogen-bond acceptors (Lipinski definition) is 3. The summed E-state index contributed by atoms with van der Waals surface area (Å²) in [7, 11) is 0. The first-order valence-corrected chi connectivity index (χ1v) is 6.67. The average molecular weight is 272 g/mol. The van der Waals surface area contributed by atoms with Crippen LogP contribution >= 0.6 is 11.3 Å². The molecule has 0 aromatic carbocycles. The van der Waals surface area contributed by atoms with E-state index in [0.29, 0.717) is 4.88 Å². The molecule has 3 rings (SSSR count). The van der Waals surface area contributed by atoms with E-state index < -0.39 is 5.97 Å². The van der Waals surface area contributed by atoms with Crippen molar-refractivity contribution < 1.29 is 9.90 Å². The molecule has 0 saturated carbocycles. The lowest BCUT2D eigenvalue weighted by molar-refractivity contribution is 0.0702. The first-order valence-electron chi connectivity index (χ1n) is 5.85. The fourth-order valence-corrected chi connectivity index (χ4v) is 3.27. The fourth-order valence-electron chi connectivity index (χ4n) is 2.31. The molecule has 0 spiro atoms. The lowest BCUT2D eigenvalue weighted by atomic mass is 10.2. The summed E-state index contributed by atoms with van der Waals surface area (Å²) in [5.74, 6) is -0.912. The molecule has 0 bridgehead atoms. The summed E-state index contributed by atoms with van der Waals surface area (Å²) < 4.78 is 1.98. The minimum absolute atomic E-state index is 0.330. The molecular formula is C14H12N2O2S. The predicted molar refractivity (Wildman–Crippen MR) is 75.4 cm³/mol. The van der Waals surface area contributed by atoms with Gasteiger partial charge in [0.2, 0.25) is 0 Å². The van der Waals surface area contributed by atoms with Crippen molar-refractivity contribution >= 4 is 27.5 Å². The van der Waals surface area contributed by atoms with Gasteiger partial charge < -0.3 is 9.67 Å². The lowest BCUT2D eigenvalue weighted by Gasteiger charge is -2.09. The normalized spacial score (nSPS) is 11.1. The van der Waals surface area contributed by atoms with E-state index in [2.05, 4.69) is 4.98 Å². The van der Waals surface area contributed by atoms with Crippen LogP contribution in [0.2, 0.25) is 0 Å². The van der Waals surface area contributed by atoms with E-state index in [9.17, 15) is 9.90 Å². The minimum Gasteiger partial charge on any atom is -0.477 e. The Kier molecular flexibility index (Phi) is 2.64. The third-order valence-corrected chi connectivity index (χ3v) is 4.22. The molecule has 5 heteroatoms. The Hall–Kier alpha value is -2.14. The summed E-state index contributed by atoms with van der Waals surface area (Å²) in [4.78, 5) is 16.8. The van der Waals surface area contributed by atoms with Crippen LogP contribution in [0, 0.1) is 13.8 Å². The molecule has 19 heavy (non-hydrogen) atoms. The summed E-state index contributed by atoms with van der Waals surface area (Å²) in [5.41, 5.74) is 2.76. The van der Waals surface area contributed by atoms with Crippen molar-refractivity contribution in [2.24, 2.45) is 0 Å². The number of hydrogen-bond donors (Lipinski definition) is 1. The number of pyridine rings is 1. The second-order valence-corrected chi connectivity index (χ2v) is 5.39. The van der Waals surface area contributed by atoms with Crippen molar-refractivity contribution in [2.45, 2.75) is 13.8 Å². The Morgan fingerprint density at radius 3 is 2.58 bits per heavy atom. The highest BCUT2D eigenvalue weighted by molar-refractivity contribution is 7.20. The van der Waals surface area contributed by atoms with E-state index in [0.717, 1.165) is 27.3 Å². The minimum atomic E-state index is -0.912. The van der Waals surface area contributed by atoms with Crippen molar-refractivity contribution in [1.29, 1.82) is 0 Å². The number of rotatable bonds is 2. The molecular weight excluding hydrogens is 260 g/mol. The summed E-state index contributed by atoms with van der Waals surface area (Å²) in [6.45, 7) is 3.94. The van der Waals surface area contributed by atoms with Gasteiger partial charge in [0.05, 0.1) is 5.69 Å². The third-order valence-electron chi connectivity index (χ3n) is 3.13. The van der Waals surface area contributed by atoms with Crippen LogP contribution in [0.15, 0.2) is 30.5 Å².